The summed E-state index contributed by atoms with van der Waals surface area (Å²) < 4.78 is 26.9. The Labute approximate surface area is 160 Å². The zero-order valence-electron chi connectivity index (χ0n) is 15.2. The van der Waals surface area contributed by atoms with Gasteiger partial charge in [0, 0.05) is 31.6 Å². The number of carbonyl (C=O) groups is 3. The van der Waals surface area contributed by atoms with Gasteiger partial charge in [-0.2, -0.15) is 0 Å². The highest BCUT2D eigenvalue weighted by Gasteiger charge is 2.52. The molecule has 7 nitrogen and oxygen atoms in total. The highest BCUT2D eigenvalue weighted by Crippen LogP contribution is 2.45. The summed E-state index contributed by atoms with van der Waals surface area (Å²) >= 11 is 0. The molecule has 28 heavy (non-hydrogen) atoms. The summed E-state index contributed by atoms with van der Waals surface area (Å²) in [5.41, 5.74) is -0.767. The van der Waals surface area contributed by atoms with Crippen molar-refractivity contribution in [3.8, 4) is 0 Å². The molecule has 4 rings (SSSR count). The van der Waals surface area contributed by atoms with Crippen molar-refractivity contribution in [3.63, 3.8) is 0 Å². The van der Waals surface area contributed by atoms with Crippen LogP contribution in [0.3, 0.4) is 0 Å². The van der Waals surface area contributed by atoms with E-state index >= 15 is 0 Å². The van der Waals surface area contributed by atoms with Crippen LogP contribution in [0, 0.1) is 23.0 Å². The molecule has 1 aromatic heterocycles. The van der Waals surface area contributed by atoms with Crippen molar-refractivity contribution < 1.29 is 28.3 Å². The summed E-state index contributed by atoms with van der Waals surface area (Å²) in [5.74, 6) is -3.59. The average Bonchev–Trinajstić information content (AvgIpc) is 3.44. The number of aromatic nitrogens is 1. The van der Waals surface area contributed by atoms with Gasteiger partial charge in [-0.15, -0.1) is 0 Å². The smallest absolute Gasteiger partial charge is 0.326 e. The van der Waals surface area contributed by atoms with Gasteiger partial charge in [-0.25, -0.2) is 18.6 Å². The van der Waals surface area contributed by atoms with Crippen molar-refractivity contribution >= 4 is 17.8 Å². The molecule has 2 saturated heterocycles. The molecule has 9 heteroatoms. The molecule has 3 fully saturated rings. The summed E-state index contributed by atoms with van der Waals surface area (Å²) in [5, 5.41) is 9.55. The third kappa shape index (κ3) is 3.33. The van der Waals surface area contributed by atoms with Gasteiger partial charge in [-0.1, -0.05) is 0 Å². The van der Waals surface area contributed by atoms with Crippen LogP contribution in [0.2, 0.25) is 0 Å². The molecule has 2 aliphatic heterocycles. The van der Waals surface area contributed by atoms with Crippen molar-refractivity contribution in [1.82, 2.24) is 14.8 Å². The molecule has 0 aromatic carbocycles. The van der Waals surface area contributed by atoms with Gasteiger partial charge in [0.25, 0.3) is 5.91 Å². The maximum Gasteiger partial charge on any atom is 0.326 e. The number of aliphatic carboxylic acids is 1. The van der Waals surface area contributed by atoms with Gasteiger partial charge in [0.2, 0.25) is 5.91 Å². The molecule has 3 heterocycles. The Morgan fingerprint density at radius 3 is 2.43 bits per heavy atom. The minimum absolute atomic E-state index is 0.0498. The van der Waals surface area contributed by atoms with Gasteiger partial charge in [0.15, 0.2) is 11.5 Å². The lowest BCUT2D eigenvalue weighted by Crippen LogP contribution is -2.45. The molecule has 0 bridgehead atoms. The van der Waals surface area contributed by atoms with E-state index in [0.717, 1.165) is 19.0 Å². The molecular formula is C19H21F2N3O4. The van der Waals surface area contributed by atoms with Gasteiger partial charge in [0.05, 0.1) is 6.20 Å². The van der Waals surface area contributed by atoms with Crippen LogP contribution in [0.4, 0.5) is 8.78 Å². The number of piperidine rings is 1. The summed E-state index contributed by atoms with van der Waals surface area (Å²) in [4.78, 5) is 43.2. The Kier molecular flexibility index (Phi) is 4.55. The molecule has 1 saturated carbocycles. The van der Waals surface area contributed by atoms with Crippen LogP contribution in [0.5, 0.6) is 0 Å². The molecule has 2 amide bonds. The number of hydrogen-bond acceptors (Lipinski definition) is 4. The largest absolute Gasteiger partial charge is 0.480 e. The van der Waals surface area contributed by atoms with Crippen LogP contribution in [-0.2, 0) is 9.59 Å². The molecular weight excluding hydrogens is 372 g/mol. The zero-order chi connectivity index (χ0) is 20.1. The molecule has 150 valence electrons. The number of carbonyl (C=O) groups excluding carboxylic acids is 2. The van der Waals surface area contributed by atoms with Crippen molar-refractivity contribution in [3.05, 3.63) is 29.6 Å². The van der Waals surface area contributed by atoms with Crippen LogP contribution in [0.15, 0.2) is 12.3 Å². The predicted octanol–water partition coefficient (Wildman–Crippen LogP) is 1.68. The number of pyridine rings is 1. The summed E-state index contributed by atoms with van der Waals surface area (Å²) in [6.45, 7) is 1.01. The Bertz CT molecular complexity index is 834. The predicted molar refractivity (Wildman–Crippen MR) is 92.2 cm³/mol. The van der Waals surface area contributed by atoms with E-state index in [0.29, 0.717) is 45.0 Å². The first-order valence-corrected chi connectivity index (χ1v) is 9.43. The van der Waals surface area contributed by atoms with E-state index in [-0.39, 0.29) is 17.2 Å². The first kappa shape index (κ1) is 18.8. The first-order valence-electron chi connectivity index (χ1n) is 9.43. The third-order valence-corrected chi connectivity index (χ3v) is 6.12. The third-order valence-electron chi connectivity index (χ3n) is 6.12. The van der Waals surface area contributed by atoms with Crippen molar-refractivity contribution in [1.29, 1.82) is 0 Å². The summed E-state index contributed by atoms with van der Waals surface area (Å²) in [6, 6.07) is -0.201. The number of hydrogen-bond donors (Lipinski definition) is 1. The summed E-state index contributed by atoms with van der Waals surface area (Å²) in [7, 11) is 0. The van der Waals surface area contributed by atoms with Gasteiger partial charge >= 0.3 is 5.97 Å². The van der Waals surface area contributed by atoms with Gasteiger partial charge in [-0.3, -0.25) is 9.59 Å². The fourth-order valence-electron chi connectivity index (χ4n) is 4.34. The van der Waals surface area contributed by atoms with E-state index in [4.69, 9.17) is 0 Å². The number of halogens is 2. The molecule has 1 atom stereocenters. The number of rotatable bonds is 3. The van der Waals surface area contributed by atoms with Crippen molar-refractivity contribution in [2.24, 2.45) is 11.3 Å². The van der Waals surface area contributed by atoms with E-state index in [9.17, 15) is 28.3 Å². The minimum Gasteiger partial charge on any atom is -0.480 e. The lowest BCUT2D eigenvalue weighted by atomic mass is 9.76. The van der Waals surface area contributed by atoms with Crippen LogP contribution >= 0.6 is 0 Å². The van der Waals surface area contributed by atoms with Crippen molar-refractivity contribution in [2.75, 3.05) is 19.6 Å². The molecule has 1 N–H and O–H groups in total. The van der Waals surface area contributed by atoms with Crippen molar-refractivity contribution in [2.45, 2.75) is 38.1 Å². The second kappa shape index (κ2) is 6.79. The van der Waals surface area contributed by atoms with E-state index in [1.807, 2.05) is 0 Å². The summed E-state index contributed by atoms with van der Waals surface area (Å²) in [6.07, 6.45) is 3.85. The lowest BCUT2D eigenvalue weighted by molar-refractivity contribution is -0.148. The zero-order valence-corrected chi connectivity index (χ0v) is 15.2. The lowest BCUT2D eigenvalue weighted by Gasteiger charge is -2.39. The van der Waals surface area contributed by atoms with E-state index < -0.39 is 35.2 Å². The monoisotopic (exact) mass is 393 g/mol. The van der Waals surface area contributed by atoms with Crippen LogP contribution in [0.1, 0.15) is 42.6 Å². The second-order valence-electron chi connectivity index (χ2n) is 8.07. The maximum atomic E-state index is 13.9. The standard InChI is InChI=1S/C19H21F2N3O4/c20-12-7-13(21)15(22-9-12)17(26)23-5-3-19(4-6-23)8-14(18(27)28)24(10-19)16(25)11-1-2-11/h7,9,11,14H,1-6,8,10H2,(H,27,28). The molecule has 1 aliphatic carbocycles. The van der Waals surface area contributed by atoms with E-state index in [1.165, 1.54) is 9.80 Å². The molecule has 3 aliphatic rings. The number of nitrogens with zero attached hydrogens (tertiary/aromatic N) is 3. The number of likely N-dealkylation sites (tertiary alicyclic amines) is 2. The number of carboxylic acid groups (broad SMARTS) is 1. The van der Waals surface area contributed by atoms with Crippen LogP contribution in [0.25, 0.3) is 0 Å². The Morgan fingerprint density at radius 1 is 1.18 bits per heavy atom. The van der Waals surface area contributed by atoms with Crippen LogP contribution in [-0.4, -0.2) is 63.4 Å². The number of amides is 2. The highest BCUT2D eigenvalue weighted by atomic mass is 19.1. The van der Waals surface area contributed by atoms with Gasteiger partial charge < -0.3 is 14.9 Å². The Hall–Kier alpha value is -2.58. The average molecular weight is 393 g/mol. The Morgan fingerprint density at radius 2 is 1.86 bits per heavy atom. The van der Waals surface area contributed by atoms with Gasteiger partial charge in [-0.05, 0) is 37.5 Å². The van der Waals surface area contributed by atoms with E-state index in [2.05, 4.69) is 4.98 Å². The SMILES string of the molecule is O=C(O)C1CC2(CCN(C(=O)c3ncc(F)cc3F)CC2)CN1C(=O)C1CC1. The topological polar surface area (TPSA) is 90.8 Å². The van der Waals surface area contributed by atoms with E-state index in [1.54, 1.807) is 0 Å². The van der Waals surface area contributed by atoms with Gasteiger partial charge in [0.1, 0.15) is 11.9 Å². The fourth-order valence-corrected chi connectivity index (χ4v) is 4.34. The highest BCUT2D eigenvalue weighted by molar-refractivity contribution is 5.92. The quantitative estimate of drug-likeness (QED) is 0.844. The fraction of sp³-hybridized carbons (Fsp3) is 0.579. The first-order chi connectivity index (χ1) is 13.3. The molecule has 1 spiro atoms. The minimum atomic E-state index is -1.00. The Balaban J connectivity index is 1.45. The van der Waals surface area contributed by atoms with Crippen LogP contribution < -0.4 is 0 Å². The normalized spacial score (nSPS) is 23.9. The number of carboxylic acids is 1. The second-order valence-corrected chi connectivity index (χ2v) is 8.07. The molecule has 1 unspecified atom stereocenters. The maximum absolute atomic E-state index is 13.9. The molecule has 0 radical (unpaired) electrons. The molecule has 1 aromatic rings.